The van der Waals surface area contributed by atoms with Gasteiger partial charge in [-0.3, -0.25) is 20.5 Å². The summed E-state index contributed by atoms with van der Waals surface area (Å²) in [5, 5.41) is 17.6. The summed E-state index contributed by atoms with van der Waals surface area (Å²) in [5.41, 5.74) is -3.18. The number of piperazine rings is 2. The van der Waals surface area contributed by atoms with Crippen molar-refractivity contribution < 1.29 is 84.5 Å². The van der Waals surface area contributed by atoms with Crippen LogP contribution >= 0.6 is 46.4 Å². The van der Waals surface area contributed by atoms with E-state index in [2.05, 4.69) is 89.6 Å². The van der Waals surface area contributed by atoms with Crippen molar-refractivity contribution in [3.8, 4) is 0 Å². The Kier molecular flexibility index (Phi) is 28.0. The van der Waals surface area contributed by atoms with Gasteiger partial charge in [-0.1, -0.05) is 46.4 Å². The fourth-order valence-corrected chi connectivity index (χ4v) is 9.39. The Bertz CT molecular complexity index is 4300. The first-order chi connectivity index (χ1) is 46.1. The summed E-state index contributed by atoms with van der Waals surface area (Å²) in [4.78, 5) is 29.2. The number of anilines is 2. The second kappa shape index (κ2) is 34.5. The Balaban J connectivity index is 0.000000191. The Labute approximate surface area is 563 Å². The lowest BCUT2D eigenvalue weighted by molar-refractivity contribution is -0.282. The number of nitrogens with two attached hydrogens (primary N) is 3. The number of likely N-dealkylation sites (N-methyl/N-ethyl adjacent to an activating group) is 2. The van der Waals surface area contributed by atoms with Crippen LogP contribution in [-0.2, 0) is 38.9 Å². The quantitative estimate of drug-likeness (QED) is 0.0409. The normalized spacial score (nSPS) is 14.0. The van der Waals surface area contributed by atoms with Crippen LogP contribution < -0.4 is 33.2 Å². The lowest BCUT2D eigenvalue weighted by Gasteiger charge is -2.33. The molecule has 23 nitrogen and oxygen atoms in total. The van der Waals surface area contributed by atoms with Crippen molar-refractivity contribution in [2.45, 2.75) is 52.0 Å². The van der Waals surface area contributed by atoms with Gasteiger partial charge in [-0.25, -0.2) is 53.3 Å². The number of halogens is 20. The monoisotopic (exact) mass is 1490 g/mol. The van der Waals surface area contributed by atoms with E-state index in [1.54, 1.807) is 0 Å². The number of alkyl halides is 12. The molecule has 0 atom stereocenters. The van der Waals surface area contributed by atoms with Crippen LogP contribution in [0.25, 0.3) is 55.4 Å². The van der Waals surface area contributed by atoms with Gasteiger partial charge in [-0.15, -0.1) is 20.4 Å². The van der Waals surface area contributed by atoms with E-state index in [4.69, 9.17) is 66.5 Å². The summed E-state index contributed by atoms with van der Waals surface area (Å²) in [5.74, 6) is 7.87. The van der Waals surface area contributed by atoms with Crippen molar-refractivity contribution in [3.63, 3.8) is 0 Å². The van der Waals surface area contributed by atoms with E-state index in [0.717, 1.165) is 44.4 Å². The molecule has 8 N–H and O–H groups in total. The van der Waals surface area contributed by atoms with E-state index in [9.17, 15) is 70.2 Å². The minimum Gasteiger partial charge on any atom is -0.351 e. The van der Waals surface area contributed by atoms with Crippen LogP contribution in [0.2, 0.25) is 20.6 Å². The van der Waals surface area contributed by atoms with Crippen LogP contribution in [0.5, 0.6) is 0 Å². The molecule has 8 heterocycles. The van der Waals surface area contributed by atoms with E-state index in [1.165, 1.54) is 34.5 Å². The molecule has 0 aliphatic carbocycles. The molecule has 0 amide bonds. The van der Waals surface area contributed by atoms with E-state index >= 15 is 0 Å². The standard InChI is InChI=1S/C15H14F4N6.C10H3ClF4N4.C9H2Cl2F4N2.C9H5ClF4N4.C7H16O3.C5H12N2.H4N2/c1-23-2-4-24(5-3-23)13-14-22-20-8-25(14)12-7-10(16)9(15(17,18)19)6-11(12)21-13;11-8-9-18-16-3-19(9)7-2-5(12)4(10(13,14)15)1-6(7)17-8;10-7-8(11)17-6-2-4(12)3(9(13,14)15)1-5(6)16-7;10-7-8(18-15)17-6-2-4(11)3(9(12,13)14)1-5(6)16-7;1-4-8-7(9-5-2)10-6-3;1-7-4-2-6-3-5-7;1-2/h6-8H,2-5H2,1H3;1-3H;1-2H;1-2H,15H2,(H,17,18);7H,4-6H2,1-3H3;6H,2-5H2,1H3;1-2H2. The molecule has 6 aromatic heterocycles. The molecular formula is C55H56Cl4F16N20O3. The Morgan fingerprint density at radius 2 is 0.816 bits per heavy atom. The molecule has 10 aromatic rings. The molecule has 98 heavy (non-hydrogen) atoms. The molecule has 534 valence electrons. The fraction of sp³-hybridized carbons (Fsp3) is 0.382. The number of benzene rings is 4. The average Bonchev–Trinajstić information content (AvgIpc) is 1.39. The summed E-state index contributed by atoms with van der Waals surface area (Å²) >= 11 is 22.4. The molecule has 2 aliphatic heterocycles. The second-order valence-corrected chi connectivity index (χ2v) is 21.4. The summed E-state index contributed by atoms with van der Waals surface area (Å²) < 4.78 is 223. The van der Waals surface area contributed by atoms with Crippen molar-refractivity contribution in [3.05, 3.63) is 127 Å². The average molecular weight is 1490 g/mol. The first-order valence-electron chi connectivity index (χ1n) is 28.1. The number of nitrogen functional groups attached to an aromatic ring is 1. The van der Waals surface area contributed by atoms with E-state index in [0.29, 0.717) is 74.7 Å². The van der Waals surface area contributed by atoms with Gasteiger partial charge in [-0.2, -0.15) is 52.7 Å². The topological polar surface area (TPSA) is 277 Å². The molecule has 43 heteroatoms. The molecule has 4 aromatic carbocycles. The number of nitrogens with zero attached hydrogens (tertiary/aromatic N) is 15. The minimum absolute atomic E-state index is 0.0509. The van der Waals surface area contributed by atoms with Crippen LogP contribution in [0.3, 0.4) is 0 Å². The van der Waals surface area contributed by atoms with Crippen molar-refractivity contribution >= 4 is 113 Å². The Hall–Kier alpha value is -7.54. The van der Waals surface area contributed by atoms with Gasteiger partial charge in [0, 0.05) is 96.4 Å². The highest BCUT2D eigenvalue weighted by atomic mass is 35.5. The summed E-state index contributed by atoms with van der Waals surface area (Å²) in [6, 6.07) is 5.24. The number of aromatic nitrogens is 12. The van der Waals surface area contributed by atoms with E-state index in [1.807, 2.05) is 32.7 Å². The lowest BCUT2D eigenvalue weighted by Crippen LogP contribution is -2.45. The van der Waals surface area contributed by atoms with Crippen LogP contribution in [0.1, 0.15) is 43.0 Å². The third-order valence-electron chi connectivity index (χ3n) is 13.4. The highest BCUT2D eigenvalue weighted by Gasteiger charge is 2.38. The van der Waals surface area contributed by atoms with Crippen molar-refractivity contribution in [2.75, 3.05) is 96.6 Å². The number of rotatable bonds is 8. The fourth-order valence-electron chi connectivity index (χ4n) is 8.71. The van der Waals surface area contributed by atoms with Gasteiger partial charge in [0.25, 0.3) is 6.48 Å². The molecule has 0 spiro atoms. The predicted molar refractivity (Wildman–Crippen MR) is 330 cm³/mol. The number of ether oxygens (including phenoxy) is 3. The highest BCUT2D eigenvalue weighted by molar-refractivity contribution is 6.40. The third-order valence-corrected chi connectivity index (χ3v) is 14.5. The van der Waals surface area contributed by atoms with Crippen LogP contribution in [0, 0.1) is 23.3 Å². The third kappa shape index (κ3) is 20.5. The molecule has 2 fully saturated rings. The van der Waals surface area contributed by atoms with Crippen molar-refractivity contribution in [2.24, 2.45) is 17.5 Å². The maximum atomic E-state index is 13.9. The van der Waals surface area contributed by atoms with Gasteiger partial charge in [-0.05, 0) is 59.1 Å². The molecule has 0 bridgehead atoms. The Morgan fingerprint density at radius 3 is 1.21 bits per heavy atom. The van der Waals surface area contributed by atoms with Crippen molar-refractivity contribution in [1.82, 2.24) is 74.2 Å². The number of hydrazine groups is 2. The first kappa shape index (κ1) is 79.4. The van der Waals surface area contributed by atoms with E-state index in [-0.39, 0.29) is 76.2 Å². The SMILES string of the molecule is CCOC(OCC)OCC.CN1CCN(c2nc3cc(C(F)(F)F)c(F)cc3n3cnnc23)CC1.CN1CCNCC1.Fc1cc2c(cc1C(F)(F)F)nc(Cl)c1nncn12.Fc1cc2nc(Cl)c(Cl)nc2cc1C(F)(F)F.NN.NNc1nc2cc(F)c(C(F)(F)F)cc2nc1Cl. The zero-order valence-corrected chi connectivity index (χ0v) is 54.4. The number of hydrogen-bond donors (Lipinski definition) is 5. The second-order valence-electron chi connectivity index (χ2n) is 20.0. The molecule has 2 aliphatic rings. The molecule has 2 saturated heterocycles. The first-order valence-corrected chi connectivity index (χ1v) is 29.7. The van der Waals surface area contributed by atoms with Gasteiger partial charge in [0.1, 0.15) is 35.9 Å². The Morgan fingerprint density at radius 1 is 0.469 bits per heavy atom. The summed E-state index contributed by atoms with van der Waals surface area (Å²) in [6.07, 6.45) is -16.6. The van der Waals surface area contributed by atoms with Gasteiger partial charge in [0.15, 0.2) is 37.9 Å². The molecule has 12 rings (SSSR count). The minimum atomic E-state index is -4.81. The zero-order valence-electron chi connectivity index (χ0n) is 51.4. The smallest absolute Gasteiger partial charge is 0.351 e. The summed E-state index contributed by atoms with van der Waals surface area (Å²) in [7, 11) is 4.15. The maximum Gasteiger partial charge on any atom is 0.419 e. The lowest BCUT2D eigenvalue weighted by atomic mass is 10.1. The zero-order chi connectivity index (χ0) is 72.8. The van der Waals surface area contributed by atoms with Crippen LogP contribution in [-0.4, -0.2) is 162 Å². The van der Waals surface area contributed by atoms with Crippen LogP contribution in [0.15, 0.2) is 61.2 Å². The number of nitrogens with one attached hydrogen (secondary N) is 2. The number of fused-ring (bicyclic) bond motifs is 8. The van der Waals surface area contributed by atoms with Crippen LogP contribution in [0.4, 0.5) is 81.9 Å². The highest BCUT2D eigenvalue weighted by Crippen LogP contribution is 2.38. The largest absolute Gasteiger partial charge is 0.419 e. The molecule has 0 saturated carbocycles. The predicted octanol–water partition coefficient (Wildman–Crippen LogP) is 11.8. The van der Waals surface area contributed by atoms with Gasteiger partial charge in [0.2, 0.25) is 5.65 Å². The molecule has 0 radical (unpaired) electrons. The van der Waals surface area contributed by atoms with E-state index < -0.39 is 76.7 Å². The molecule has 0 unspecified atom stereocenters. The maximum absolute atomic E-state index is 13.9. The van der Waals surface area contributed by atoms with Gasteiger partial charge < -0.3 is 39.7 Å². The van der Waals surface area contributed by atoms with Gasteiger partial charge >= 0.3 is 24.7 Å². The van der Waals surface area contributed by atoms with Gasteiger partial charge in [0.05, 0.1) is 66.4 Å². The number of hydrogen-bond acceptors (Lipinski definition) is 21. The molecular weight excluding hydrogens is 1430 g/mol. The van der Waals surface area contributed by atoms with Crippen molar-refractivity contribution in [1.29, 1.82) is 0 Å². The summed E-state index contributed by atoms with van der Waals surface area (Å²) in [6.45, 7) is 14.8.